The molecule has 8 unspecified atom stereocenters. The van der Waals surface area contributed by atoms with E-state index >= 15 is 0 Å². The van der Waals surface area contributed by atoms with Crippen molar-refractivity contribution < 1.29 is 10.2 Å². The van der Waals surface area contributed by atoms with Crippen LogP contribution < -0.4 is 0 Å². The van der Waals surface area contributed by atoms with E-state index in [1.165, 1.54) is 70.6 Å². The Hall–Kier alpha value is -0.0800. The van der Waals surface area contributed by atoms with E-state index in [2.05, 4.69) is 13.8 Å². The van der Waals surface area contributed by atoms with Crippen molar-refractivity contribution in [2.75, 3.05) is 0 Å². The number of aliphatic hydroxyl groups is 2. The monoisotopic (exact) mass is 388 g/mol. The van der Waals surface area contributed by atoms with E-state index < -0.39 is 0 Å². The van der Waals surface area contributed by atoms with Crippen LogP contribution in [0.3, 0.4) is 0 Å². The molecule has 0 heterocycles. The molecule has 28 heavy (non-hydrogen) atoms. The van der Waals surface area contributed by atoms with Crippen molar-refractivity contribution in [1.29, 1.82) is 0 Å². The minimum atomic E-state index is -0.0228. The highest BCUT2D eigenvalue weighted by atomic mass is 16.3. The van der Waals surface area contributed by atoms with Crippen LogP contribution in [0, 0.1) is 46.3 Å². The summed E-state index contributed by atoms with van der Waals surface area (Å²) in [6, 6.07) is 0. The molecule has 160 valence electrons. The summed E-state index contributed by atoms with van der Waals surface area (Å²) in [6.07, 6.45) is 18.2. The van der Waals surface area contributed by atoms with Gasteiger partial charge < -0.3 is 10.2 Å². The first-order valence-corrected chi connectivity index (χ1v) is 12.8. The second-order valence-electron chi connectivity index (χ2n) is 12.2. The van der Waals surface area contributed by atoms with Gasteiger partial charge in [-0.3, -0.25) is 0 Å². The summed E-state index contributed by atoms with van der Waals surface area (Å²) in [4.78, 5) is 0. The van der Waals surface area contributed by atoms with Crippen molar-refractivity contribution in [3.8, 4) is 0 Å². The molecule has 5 saturated carbocycles. The van der Waals surface area contributed by atoms with E-state index in [-0.39, 0.29) is 12.2 Å². The Kier molecular flexibility index (Phi) is 5.15. The molecule has 5 fully saturated rings. The Balaban J connectivity index is 1.25. The summed E-state index contributed by atoms with van der Waals surface area (Å²) >= 11 is 0. The molecule has 5 rings (SSSR count). The zero-order chi connectivity index (χ0) is 19.5. The van der Waals surface area contributed by atoms with Crippen LogP contribution in [0.1, 0.15) is 104 Å². The Morgan fingerprint density at radius 1 is 0.857 bits per heavy atom. The Labute approximate surface area is 172 Å². The summed E-state index contributed by atoms with van der Waals surface area (Å²) < 4.78 is 0. The van der Waals surface area contributed by atoms with Crippen LogP contribution in [0.15, 0.2) is 0 Å². The summed E-state index contributed by atoms with van der Waals surface area (Å²) in [6.45, 7) is 5.26. The van der Waals surface area contributed by atoms with Gasteiger partial charge in [-0.2, -0.15) is 0 Å². The molecule has 0 bridgehead atoms. The van der Waals surface area contributed by atoms with Crippen LogP contribution in [-0.2, 0) is 0 Å². The molecule has 0 spiro atoms. The quantitative estimate of drug-likeness (QED) is 0.611. The van der Waals surface area contributed by atoms with Crippen molar-refractivity contribution in [1.82, 2.24) is 0 Å². The molecule has 0 aromatic carbocycles. The van der Waals surface area contributed by atoms with Gasteiger partial charge in [0.05, 0.1) is 12.2 Å². The molecule has 0 saturated heterocycles. The average Bonchev–Trinajstić information content (AvgIpc) is 3.46. The smallest absolute Gasteiger partial charge is 0.0568 e. The first kappa shape index (κ1) is 19.9. The lowest BCUT2D eigenvalue weighted by Crippen LogP contribution is -2.53. The normalized spacial score (nSPS) is 51.9. The maximum absolute atomic E-state index is 10.3. The molecule has 2 heteroatoms. The fourth-order valence-corrected chi connectivity index (χ4v) is 9.11. The van der Waals surface area contributed by atoms with Crippen LogP contribution in [0.2, 0.25) is 0 Å². The highest BCUT2D eigenvalue weighted by Crippen LogP contribution is 2.67. The van der Waals surface area contributed by atoms with Gasteiger partial charge in [0, 0.05) is 0 Å². The molecule has 0 amide bonds. The average molecular weight is 389 g/mol. The molecule has 2 N–H and O–H groups in total. The summed E-state index contributed by atoms with van der Waals surface area (Å²) in [7, 11) is 0. The van der Waals surface area contributed by atoms with Gasteiger partial charge in [0.1, 0.15) is 0 Å². The van der Waals surface area contributed by atoms with Crippen LogP contribution in [0.4, 0.5) is 0 Å². The van der Waals surface area contributed by atoms with Crippen LogP contribution in [-0.4, -0.2) is 22.4 Å². The largest absolute Gasteiger partial charge is 0.393 e. The van der Waals surface area contributed by atoms with E-state index in [9.17, 15) is 10.2 Å². The zero-order valence-corrected chi connectivity index (χ0v) is 18.4. The van der Waals surface area contributed by atoms with Gasteiger partial charge >= 0.3 is 0 Å². The van der Waals surface area contributed by atoms with Crippen molar-refractivity contribution in [2.45, 2.75) is 116 Å². The van der Waals surface area contributed by atoms with Crippen molar-refractivity contribution in [3.05, 3.63) is 0 Å². The highest BCUT2D eigenvalue weighted by Gasteiger charge is 2.59. The lowest BCUT2D eigenvalue weighted by atomic mass is 9.44. The third-order valence-electron chi connectivity index (χ3n) is 11.1. The molecule has 0 aromatic rings. The molecule has 2 nitrogen and oxygen atoms in total. The van der Waals surface area contributed by atoms with Crippen molar-refractivity contribution in [3.63, 3.8) is 0 Å². The van der Waals surface area contributed by atoms with Crippen molar-refractivity contribution >= 4 is 0 Å². The van der Waals surface area contributed by atoms with Gasteiger partial charge in [-0.25, -0.2) is 0 Å². The van der Waals surface area contributed by atoms with Crippen LogP contribution in [0.25, 0.3) is 0 Å². The van der Waals surface area contributed by atoms with Gasteiger partial charge in [0.15, 0.2) is 0 Å². The fourth-order valence-electron chi connectivity index (χ4n) is 9.11. The van der Waals surface area contributed by atoms with Gasteiger partial charge in [-0.15, -0.1) is 0 Å². The summed E-state index contributed by atoms with van der Waals surface area (Å²) in [5.41, 5.74) is 1.08. The summed E-state index contributed by atoms with van der Waals surface area (Å²) in [5, 5.41) is 20.5. The molecule has 0 aliphatic heterocycles. The van der Waals surface area contributed by atoms with Gasteiger partial charge in [0.2, 0.25) is 0 Å². The number of hydrogen-bond donors (Lipinski definition) is 2. The maximum Gasteiger partial charge on any atom is 0.0568 e. The van der Waals surface area contributed by atoms with E-state index in [1.54, 1.807) is 0 Å². The lowest BCUT2D eigenvalue weighted by Gasteiger charge is -2.61. The highest BCUT2D eigenvalue weighted by molar-refractivity contribution is 5.09. The SMILES string of the molecule is CC12CCC(O)CC1CCC1C2CCC2(C)C1CC[C@@H]2CCCC(O)C1CC1. The number of rotatable bonds is 5. The minimum absolute atomic E-state index is 0.00220. The molecule has 0 radical (unpaired) electrons. The fraction of sp³-hybridized carbons (Fsp3) is 1.00. The predicted molar refractivity (Wildman–Crippen MR) is 114 cm³/mol. The van der Waals surface area contributed by atoms with E-state index in [4.69, 9.17) is 0 Å². The van der Waals surface area contributed by atoms with Crippen molar-refractivity contribution in [2.24, 2.45) is 46.3 Å². The Morgan fingerprint density at radius 2 is 1.61 bits per heavy atom. The number of fused-ring (bicyclic) bond motifs is 5. The third-order valence-corrected chi connectivity index (χ3v) is 11.1. The van der Waals surface area contributed by atoms with Gasteiger partial charge in [0.25, 0.3) is 0 Å². The molecule has 5 aliphatic rings. The van der Waals surface area contributed by atoms with Gasteiger partial charge in [-0.1, -0.05) is 20.3 Å². The third kappa shape index (κ3) is 3.20. The second kappa shape index (κ2) is 7.26. The van der Waals surface area contributed by atoms with E-state index in [1.807, 2.05) is 0 Å². The summed E-state index contributed by atoms with van der Waals surface area (Å²) in [5.74, 6) is 5.16. The molecular weight excluding hydrogens is 344 g/mol. The van der Waals surface area contributed by atoms with Crippen LogP contribution >= 0.6 is 0 Å². The topological polar surface area (TPSA) is 40.5 Å². The molecule has 0 aromatic heterocycles. The first-order chi connectivity index (χ1) is 13.4. The Morgan fingerprint density at radius 3 is 2.39 bits per heavy atom. The zero-order valence-electron chi connectivity index (χ0n) is 18.4. The molecular formula is C26H44O2. The predicted octanol–water partition coefficient (Wildman–Crippen LogP) is 5.95. The molecule has 5 aliphatic carbocycles. The standard InChI is InChI=1S/C26H44O2/c1-25-15-13-23-21(10-8-19-16-20(27)12-14-26(19,23)2)22(25)11-9-18(25)4-3-5-24(28)17-6-7-17/h17-24,27-28H,3-16H2,1-2H3/t18-,19?,20?,21?,22?,23?,24?,25?,26?/m0/s1. The minimum Gasteiger partial charge on any atom is -0.393 e. The van der Waals surface area contributed by atoms with E-state index in [0.717, 1.165) is 48.9 Å². The Bertz CT molecular complexity index is 571. The molecule has 9 atom stereocenters. The lowest BCUT2D eigenvalue weighted by molar-refractivity contribution is -0.127. The first-order valence-electron chi connectivity index (χ1n) is 12.8. The van der Waals surface area contributed by atoms with E-state index in [0.29, 0.717) is 16.7 Å². The maximum atomic E-state index is 10.3. The number of hydrogen-bond acceptors (Lipinski definition) is 2. The van der Waals surface area contributed by atoms with Crippen LogP contribution in [0.5, 0.6) is 0 Å². The number of aliphatic hydroxyl groups excluding tert-OH is 2. The second-order valence-corrected chi connectivity index (χ2v) is 12.2. The van der Waals surface area contributed by atoms with Gasteiger partial charge in [-0.05, 0) is 130 Å².